The van der Waals surface area contributed by atoms with Gasteiger partial charge in [-0.05, 0) is 86.4 Å². The zero-order valence-electron chi connectivity index (χ0n) is 45.6. The minimum absolute atomic E-state index is 0.141. The van der Waals surface area contributed by atoms with Gasteiger partial charge in [-0.1, -0.05) is 66.2 Å². The summed E-state index contributed by atoms with van der Waals surface area (Å²) in [6.45, 7) is 16.6. The number of aliphatic hydroxyl groups is 11. The first-order valence-electron chi connectivity index (χ1n) is 27.0. The molecular formula is C54H84O23. The highest BCUT2D eigenvalue weighted by molar-refractivity contribution is 5.87. The first kappa shape index (κ1) is 60.3. The summed E-state index contributed by atoms with van der Waals surface area (Å²) in [5, 5.41) is 134. The number of ether oxygens (including phenoxy) is 8. The van der Waals surface area contributed by atoms with Gasteiger partial charge in [0.25, 0.3) is 0 Å². The summed E-state index contributed by atoms with van der Waals surface area (Å²) >= 11 is 0. The molecule has 0 aromatic heterocycles. The van der Waals surface area contributed by atoms with Crippen molar-refractivity contribution in [1.82, 2.24) is 0 Å². The first-order chi connectivity index (χ1) is 35.8. The van der Waals surface area contributed by atoms with E-state index < -0.39 is 193 Å². The maximum atomic E-state index is 13.4. The molecule has 0 radical (unpaired) electrons. The fourth-order valence-electron chi connectivity index (χ4n) is 16.0. The van der Waals surface area contributed by atoms with Gasteiger partial charge < -0.3 is 99.2 Å². The van der Waals surface area contributed by atoms with E-state index in [1.165, 1.54) is 6.92 Å². The second-order valence-corrected chi connectivity index (χ2v) is 25.3. The molecule has 7 fully saturated rings. The molecule has 3 saturated heterocycles. The Hall–Kier alpha value is -2.79. The van der Waals surface area contributed by atoms with E-state index in [4.69, 9.17) is 37.9 Å². The summed E-state index contributed by atoms with van der Waals surface area (Å²) in [7, 11) is 0. The summed E-state index contributed by atoms with van der Waals surface area (Å²) in [5.74, 6) is -3.95. The van der Waals surface area contributed by atoms with Crippen LogP contribution >= 0.6 is 0 Å². The van der Waals surface area contributed by atoms with Crippen LogP contribution in [0, 0.1) is 50.2 Å². The van der Waals surface area contributed by atoms with Gasteiger partial charge in [-0.3, -0.25) is 4.79 Å². The number of fused-ring (bicyclic) bond motifs is 7. The Kier molecular flexibility index (Phi) is 16.8. The molecule has 8 rings (SSSR count). The molecule has 5 aliphatic carbocycles. The predicted molar refractivity (Wildman–Crippen MR) is 263 cm³/mol. The van der Waals surface area contributed by atoms with Crippen molar-refractivity contribution in [2.24, 2.45) is 50.2 Å². The molecule has 3 heterocycles. The molecule has 4 saturated carbocycles. The van der Waals surface area contributed by atoms with Crippen molar-refractivity contribution in [3.63, 3.8) is 0 Å². The maximum Gasteiger partial charge on any atom is 0.335 e. The number of allylic oxidation sites excluding steroid dienone is 2. The van der Waals surface area contributed by atoms with Gasteiger partial charge in [-0.15, -0.1) is 0 Å². The van der Waals surface area contributed by atoms with Crippen LogP contribution in [0.4, 0.5) is 0 Å². The summed E-state index contributed by atoms with van der Waals surface area (Å²) in [5.41, 5.74) is -4.51. The van der Waals surface area contributed by atoms with E-state index in [-0.39, 0.29) is 11.8 Å². The predicted octanol–water partition coefficient (Wildman–Crippen LogP) is -0.684. The van der Waals surface area contributed by atoms with Crippen LogP contribution in [-0.2, 0) is 52.3 Å². The van der Waals surface area contributed by atoms with Crippen LogP contribution in [-0.4, -0.2) is 216 Å². The number of hydrogen-bond donors (Lipinski definition) is 12. The third-order valence-electron chi connectivity index (χ3n) is 20.6. The lowest BCUT2D eigenvalue weighted by atomic mass is 9.32. The molecule has 0 unspecified atom stereocenters. The van der Waals surface area contributed by atoms with Crippen molar-refractivity contribution in [2.75, 3.05) is 19.8 Å². The van der Waals surface area contributed by atoms with Crippen molar-refractivity contribution in [1.29, 1.82) is 0 Å². The molecule has 0 spiro atoms. The largest absolute Gasteiger partial charge is 0.479 e. The molecule has 3 aliphatic heterocycles. The number of aliphatic hydroxyl groups excluding tert-OH is 11. The molecular weight excluding hydrogens is 1020 g/mol. The van der Waals surface area contributed by atoms with Gasteiger partial charge in [-0.25, -0.2) is 9.59 Å². The Morgan fingerprint density at radius 3 is 1.97 bits per heavy atom. The third-order valence-corrected chi connectivity index (χ3v) is 20.6. The van der Waals surface area contributed by atoms with E-state index in [2.05, 4.69) is 19.9 Å². The van der Waals surface area contributed by atoms with Gasteiger partial charge >= 0.3 is 17.9 Å². The number of carbonyl (C=O) groups excluding carboxylic acids is 2. The second kappa shape index (κ2) is 21.5. The topological polar surface area (TPSA) is 368 Å². The summed E-state index contributed by atoms with van der Waals surface area (Å²) in [4.78, 5) is 39.3. The van der Waals surface area contributed by atoms with E-state index in [0.29, 0.717) is 44.1 Å². The normalized spacial score (nSPS) is 50.4. The highest BCUT2D eigenvalue weighted by Crippen LogP contribution is 2.76. The SMILES string of the molecule is C/C=C(/C)C(=O)O[C@H]1[C@H](OC(C)=O)[C@]2(CO)[C@H](O)[C@H](O)[C@]3(C)C(=CC[C@@H]4[C@@]5(C)CC[C@H](O[C@@H]6O[C@H](C(=O)O)[C@@H](O)[C@H](O[C@@H]7OC[C@@H](O)[C@H](O)[C@H]7O)[C@H]6O[C@@H]6O[C@H](CO)[C@@H](O)[C@H](O)[C@H]6O)C(C)(C)[C@@H]5CC[C@]43C)[C@@H]2CC1(C)C. The van der Waals surface area contributed by atoms with Crippen LogP contribution in [0.2, 0.25) is 0 Å². The lowest BCUT2D eigenvalue weighted by Gasteiger charge is -2.73. The Bertz CT molecular complexity index is 2250. The number of hydrogen-bond acceptors (Lipinski definition) is 22. The zero-order chi connectivity index (χ0) is 57.0. The zero-order valence-corrected chi connectivity index (χ0v) is 45.6. The summed E-state index contributed by atoms with van der Waals surface area (Å²) in [6, 6.07) is 0. The van der Waals surface area contributed by atoms with Crippen LogP contribution in [0.15, 0.2) is 23.3 Å². The second-order valence-electron chi connectivity index (χ2n) is 25.3. The number of carboxylic acids is 1. The standard InChI is InChI=1S/C54H84O23/c1-11-22(2)45(69)77-42-43(71-23(3)57)54(21-56)25(18-49(42,4)5)24-12-13-29-51(8)16-15-30(50(6,7)28(51)14-17-52(29,9)53(24,10)40(65)41(54)66)73-48-39(76-47-35(63)33(61)32(60)27(19-55)72-47)37(36(64)38(75-48)44(67)68)74-46-34(62)31(59)26(58)20-70-46/h11-12,25-43,46-48,55-56,58-66H,13-21H2,1-10H3,(H,67,68)/b22-11-/t25-,26+,27+,28-,29+,30-,31-,32+,33-,34+,35+,36-,37-,38-,39+,40-,41+,42-,43-,46-,47-,48+,51-,52+,53-,54-/m0/s1. The lowest BCUT2D eigenvalue weighted by Crippen LogP contribution is -2.76. The Balaban J connectivity index is 1.13. The monoisotopic (exact) mass is 1100 g/mol. The molecule has 77 heavy (non-hydrogen) atoms. The Morgan fingerprint density at radius 2 is 1.36 bits per heavy atom. The molecule has 0 aromatic rings. The van der Waals surface area contributed by atoms with E-state index in [9.17, 15) is 75.7 Å². The quantitative estimate of drug-likeness (QED) is 0.0498. The average Bonchev–Trinajstić information content (AvgIpc) is 3.40. The van der Waals surface area contributed by atoms with Crippen LogP contribution < -0.4 is 0 Å². The van der Waals surface area contributed by atoms with Gasteiger partial charge in [0.1, 0.15) is 67.1 Å². The minimum Gasteiger partial charge on any atom is -0.479 e. The number of carbonyl (C=O) groups is 3. The van der Waals surface area contributed by atoms with Crippen molar-refractivity contribution in [2.45, 2.75) is 224 Å². The third kappa shape index (κ3) is 9.45. The Morgan fingerprint density at radius 1 is 0.714 bits per heavy atom. The number of esters is 2. The molecule has 23 heteroatoms. The van der Waals surface area contributed by atoms with E-state index in [0.717, 1.165) is 5.57 Å². The molecule has 438 valence electrons. The van der Waals surface area contributed by atoms with E-state index in [1.807, 2.05) is 34.6 Å². The van der Waals surface area contributed by atoms with Crippen molar-refractivity contribution < 1.29 is 114 Å². The molecule has 0 bridgehead atoms. The smallest absolute Gasteiger partial charge is 0.335 e. The molecule has 8 aliphatic rings. The van der Waals surface area contributed by atoms with Gasteiger partial charge in [0.15, 0.2) is 31.1 Å². The fraction of sp³-hybridized carbons (Fsp3) is 0.870. The number of aliphatic carboxylic acids is 1. The lowest BCUT2D eigenvalue weighted by molar-refractivity contribution is -0.392. The van der Waals surface area contributed by atoms with Gasteiger partial charge in [0, 0.05) is 23.3 Å². The summed E-state index contributed by atoms with van der Waals surface area (Å²) < 4.78 is 48.5. The average molecular weight is 1100 g/mol. The van der Waals surface area contributed by atoms with E-state index >= 15 is 0 Å². The highest BCUT2D eigenvalue weighted by atomic mass is 16.8. The number of rotatable bonds is 12. The van der Waals surface area contributed by atoms with Gasteiger partial charge in [0.05, 0.1) is 43.5 Å². The van der Waals surface area contributed by atoms with Crippen LogP contribution in [0.1, 0.15) is 108 Å². The van der Waals surface area contributed by atoms with Crippen LogP contribution in [0.3, 0.4) is 0 Å². The molecule has 0 amide bonds. The molecule has 23 nitrogen and oxygen atoms in total. The van der Waals surface area contributed by atoms with Crippen molar-refractivity contribution in [3.05, 3.63) is 23.3 Å². The van der Waals surface area contributed by atoms with Gasteiger partial charge in [-0.2, -0.15) is 0 Å². The van der Waals surface area contributed by atoms with E-state index in [1.54, 1.807) is 19.9 Å². The van der Waals surface area contributed by atoms with Gasteiger partial charge in [0.2, 0.25) is 0 Å². The number of carboxylic acid groups (broad SMARTS) is 1. The molecule has 26 atom stereocenters. The van der Waals surface area contributed by atoms with Crippen molar-refractivity contribution >= 4 is 17.9 Å². The Labute approximate surface area is 448 Å². The first-order valence-corrected chi connectivity index (χ1v) is 27.0. The molecule has 0 aromatic carbocycles. The molecule has 12 N–H and O–H groups in total. The van der Waals surface area contributed by atoms with Crippen LogP contribution in [0.25, 0.3) is 0 Å². The fourth-order valence-corrected chi connectivity index (χ4v) is 16.0. The summed E-state index contributed by atoms with van der Waals surface area (Å²) in [6.07, 6.45) is -25.7. The maximum absolute atomic E-state index is 13.4. The highest BCUT2D eigenvalue weighted by Gasteiger charge is 2.76. The van der Waals surface area contributed by atoms with Crippen molar-refractivity contribution in [3.8, 4) is 0 Å². The minimum atomic E-state index is -2.12. The van der Waals surface area contributed by atoms with Crippen LogP contribution in [0.5, 0.6) is 0 Å².